The number of aromatic nitrogens is 4. The third kappa shape index (κ3) is 3.87. The summed E-state index contributed by atoms with van der Waals surface area (Å²) in [4.78, 5) is 34.5. The Bertz CT molecular complexity index is 1140. The molecule has 1 atom stereocenters. The van der Waals surface area contributed by atoms with Crippen molar-refractivity contribution in [3.63, 3.8) is 0 Å². The predicted molar refractivity (Wildman–Crippen MR) is 109 cm³/mol. The molecule has 0 N–H and O–H groups in total. The molecule has 0 aliphatic heterocycles. The topological polar surface area (TPSA) is 69.8 Å². The Hall–Kier alpha value is -2.48. The molecular formula is C20H23FN4O2S. The van der Waals surface area contributed by atoms with Gasteiger partial charge in [0.25, 0.3) is 5.56 Å². The maximum Gasteiger partial charge on any atom is 0.332 e. The standard InChI is InChI=1S/C20H23FN4O2S/c1-11(2)10-25-17-16(19(26)24(5)20(25)27)18(23-13(4)22-17)28-12(3)14-6-8-15(21)9-7-14/h6-9,11-12H,10H2,1-5H3. The minimum atomic E-state index is -0.409. The van der Waals surface area contributed by atoms with Crippen molar-refractivity contribution in [3.05, 3.63) is 62.3 Å². The summed E-state index contributed by atoms with van der Waals surface area (Å²) in [6.45, 7) is 8.18. The molecule has 3 aromatic rings. The van der Waals surface area contributed by atoms with Gasteiger partial charge in [-0.15, -0.1) is 0 Å². The molecule has 0 amide bonds. The minimum absolute atomic E-state index is 0.0618. The molecule has 148 valence electrons. The highest BCUT2D eigenvalue weighted by Crippen LogP contribution is 2.36. The first kappa shape index (κ1) is 20.3. The van der Waals surface area contributed by atoms with Gasteiger partial charge in [0, 0.05) is 18.8 Å². The van der Waals surface area contributed by atoms with Gasteiger partial charge in [0.15, 0.2) is 5.65 Å². The first-order valence-electron chi connectivity index (χ1n) is 9.09. The SMILES string of the molecule is Cc1nc(SC(C)c2ccc(F)cc2)c2c(=O)n(C)c(=O)n(CC(C)C)c2n1. The number of thioether (sulfide) groups is 1. The summed E-state index contributed by atoms with van der Waals surface area (Å²) in [5.41, 5.74) is 0.492. The van der Waals surface area contributed by atoms with E-state index >= 15 is 0 Å². The Kier molecular flexibility index (Phi) is 5.69. The summed E-state index contributed by atoms with van der Waals surface area (Å²) in [5, 5.41) is 0.804. The smallest absolute Gasteiger partial charge is 0.277 e. The highest BCUT2D eigenvalue weighted by atomic mass is 32.2. The van der Waals surface area contributed by atoms with Gasteiger partial charge in [0.05, 0.1) is 0 Å². The molecule has 0 spiro atoms. The van der Waals surface area contributed by atoms with Crippen molar-refractivity contribution in [3.8, 4) is 0 Å². The monoisotopic (exact) mass is 402 g/mol. The molecule has 0 radical (unpaired) electrons. The van der Waals surface area contributed by atoms with Crippen LogP contribution >= 0.6 is 11.8 Å². The van der Waals surface area contributed by atoms with Crippen LogP contribution in [0.1, 0.15) is 37.4 Å². The number of aryl methyl sites for hydroxylation is 1. The highest BCUT2D eigenvalue weighted by Gasteiger charge is 2.20. The minimum Gasteiger partial charge on any atom is -0.277 e. The maximum absolute atomic E-state index is 13.2. The van der Waals surface area contributed by atoms with E-state index in [2.05, 4.69) is 9.97 Å². The van der Waals surface area contributed by atoms with Crippen molar-refractivity contribution in [2.24, 2.45) is 13.0 Å². The lowest BCUT2D eigenvalue weighted by Crippen LogP contribution is -2.39. The second kappa shape index (κ2) is 7.87. The van der Waals surface area contributed by atoms with Gasteiger partial charge >= 0.3 is 5.69 Å². The first-order chi connectivity index (χ1) is 13.2. The van der Waals surface area contributed by atoms with Crippen molar-refractivity contribution < 1.29 is 4.39 Å². The van der Waals surface area contributed by atoms with Gasteiger partial charge in [-0.05, 0) is 37.5 Å². The highest BCUT2D eigenvalue weighted by molar-refractivity contribution is 7.99. The summed E-state index contributed by atoms with van der Waals surface area (Å²) in [6, 6.07) is 6.26. The van der Waals surface area contributed by atoms with Crippen molar-refractivity contribution >= 4 is 22.8 Å². The van der Waals surface area contributed by atoms with E-state index in [0.29, 0.717) is 28.4 Å². The Morgan fingerprint density at radius 1 is 1.11 bits per heavy atom. The van der Waals surface area contributed by atoms with E-state index in [0.717, 1.165) is 10.1 Å². The van der Waals surface area contributed by atoms with E-state index < -0.39 is 5.56 Å². The van der Waals surface area contributed by atoms with Gasteiger partial charge in [0.1, 0.15) is 22.1 Å². The summed E-state index contributed by atoms with van der Waals surface area (Å²) >= 11 is 1.40. The lowest BCUT2D eigenvalue weighted by molar-refractivity contribution is 0.498. The van der Waals surface area contributed by atoms with Crippen molar-refractivity contribution in [2.45, 2.75) is 44.5 Å². The molecule has 0 aliphatic rings. The van der Waals surface area contributed by atoms with E-state index in [1.807, 2.05) is 20.8 Å². The third-order valence-electron chi connectivity index (χ3n) is 4.44. The Morgan fingerprint density at radius 2 is 1.75 bits per heavy atom. The van der Waals surface area contributed by atoms with Crippen molar-refractivity contribution in [1.82, 2.24) is 19.1 Å². The number of hydrogen-bond donors (Lipinski definition) is 0. The van der Waals surface area contributed by atoms with E-state index in [1.54, 1.807) is 23.6 Å². The van der Waals surface area contributed by atoms with Crippen LogP contribution in [0.5, 0.6) is 0 Å². The molecule has 0 fully saturated rings. The van der Waals surface area contributed by atoms with Crippen LogP contribution < -0.4 is 11.2 Å². The summed E-state index contributed by atoms with van der Waals surface area (Å²) < 4.78 is 15.9. The lowest BCUT2D eigenvalue weighted by atomic mass is 10.2. The largest absolute Gasteiger partial charge is 0.332 e. The molecule has 3 rings (SSSR count). The molecule has 0 saturated carbocycles. The molecule has 1 aromatic carbocycles. The normalized spacial score (nSPS) is 12.7. The second-order valence-electron chi connectivity index (χ2n) is 7.24. The maximum atomic E-state index is 13.2. The number of fused-ring (bicyclic) bond motifs is 1. The number of halogens is 1. The second-order valence-corrected chi connectivity index (χ2v) is 8.57. The summed E-state index contributed by atoms with van der Waals surface area (Å²) in [5.74, 6) is 0.408. The number of nitrogens with zero attached hydrogens (tertiary/aromatic N) is 4. The zero-order valence-electron chi connectivity index (χ0n) is 16.6. The zero-order chi connectivity index (χ0) is 20.6. The van der Waals surface area contributed by atoms with Crippen LogP contribution in [-0.2, 0) is 13.6 Å². The Morgan fingerprint density at radius 3 is 2.36 bits per heavy atom. The molecule has 0 bridgehead atoms. The van der Waals surface area contributed by atoms with Crippen LogP contribution in [0.15, 0.2) is 38.9 Å². The summed E-state index contributed by atoms with van der Waals surface area (Å²) in [7, 11) is 1.47. The molecule has 0 saturated heterocycles. The van der Waals surface area contributed by atoms with E-state index in [1.165, 1.54) is 30.9 Å². The van der Waals surface area contributed by atoms with E-state index in [9.17, 15) is 14.0 Å². The average Bonchev–Trinajstić information content (AvgIpc) is 2.63. The molecule has 2 heterocycles. The average molecular weight is 402 g/mol. The van der Waals surface area contributed by atoms with E-state index in [4.69, 9.17) is 0 Å². The van der Waals surface area contributed by atoms with Crippen LogP contribution in [0.3, 0.4) is 0 Å². The fourth-order valence-electron chi connectivity index (χ4n) is 3.03. The van der Waals surface area contributed by atoms with Gasteiger partial charge in [0.2, 0.25) is 0 Å². The van der Waals surface area contributed by atoms with Crippen molar-refractivity contribution in [2.75, 3.05) is 0 Å². The van der Waals surface area contributed by atoms with Crippen LogP contribution in [0, 0.1) is 18.7 Å². The molecular weight excluding hydrogens is 379 g/mol. The fraction of sp³-hybridized carbons (Fsp3) is 0.400. The molecule has 28 heavy (non-hydrogen) atoms. The van der Waals surface area contributed by atoms with Crippen molar-refractivity contribution in [1.29, 1.82) is 0 Å². The van der Waals surface area contributed by atoms with E-state index in [-0.39, 0.29) is 22.7 Å². The zero-order valence-corrected chi connectivity index (χ0v) is 17.4. The lowest BCUT2D eigenvalue weighted by Gasteiger charge is -2.17. The van der Waals surface area contributed by atoms with Crippen LogP contribution in [0.4, 0.5) is 4.39 Å². The number of hydrogen-bond acceptors (Lipinski definition) is 5. The quantitative estimate of drug-likeness (QED) is 0.483. The van der Waals surface area contributed by atoms with Crippen LogP contribution in [0.25, 0.3) is 11.0 Å². The first-order valence-corrected chi connectivity index (χ1v) is 9.97. The third-order valence-corrected chi connectivity index (χ3v) is 5.58. The predicted octanol–water partition coefficient (Wildman–Crippen LogP) is 3.45. The van der Waals surface area contributed by atoms with Crippen LogP contribution in [0.2, 0.25) is 0 Å². The van der Waals surface area contributed by atoms with Gasteiger partial charge in [-0.2, -0.15) is 0 Å². The van der Waals surface area contributed by atoms with Gasteiger partial charge in [-0.25, -0.2) is 19.2 Å². The van der Waals surface area contributed by atoms with Gasteiger partial charge in [-0.3, -0.25) is 13.9 Å². The fourth-order valence-corrected chi connectivity index (χ4v) is 4.13. The molecule has 1 unspecified atom stereocenters. The van der Waals surface area contributed by atoms with Gasteiger partial charge < -0.3 is 0 Å². The Labute approximate surface area is 166 Å². The molecule has 0 aliphatic carbocycles. The molecule has 2 aromatic heterocycles. The molecule has 6 nitrogen and oxygen atoms in total. The summed E-state index contributed by atoms with van der Waals surface area (Å²) in [6.07, 6.45) is 0. The van der Waals surface area contributed by atoms with Crippen LogP contribution in [-0.4, -0.2) is 19.1 Å². The molecule has 8 heteroatoms. The van der Waals surface area contributed by atoms with Gasteiger partial charge in [-0.1, -0.05) is 37.7 Å². The number of rotatable bonds is 5. The Balaban J connectivity index is 2.20. The number of benzene rings is 1.